The zero-order valence-corrected chi connectivity index (χ0v) is 16.0. The topological polar surface area (TPSA) is 83.1 Å². The zero-order chi connectivity index (χ0) is 18.6. The number of ether oxygens (including phenoxy) is 1. The van der Waals surface area contributed by atoms with Crippen molar-refractivity contribution < 1.29 is 9.53 Å². The molecule has 7 nitrogen and oxygen atoms in total. The van der Waals surface area contributed by atoms with Gasteiger partial charge in [-0.25, -0.2) is 4.98 Å². The lowest BCUT2D eigenvalue weighted by atomic mass is 10.00. The van der Waals surface area contributed by atoms with Gasteiger partial charge in [0.15, 0.2) is 0 Å². The number of pyridine rings is 1. The van der Waals surface area contributed by atoms with Crippen LogP contribution in [0.3, 0.4) is 0 Å². The molecule has 2 aromatic heterocycles. The highest BCUT2D eigenvalue weighted by molar-refractivity contribution is 5.92. The third kappa shape index (κ3) is 4.24. The van der Waals surface area contributed by atoms with Crippen molar-refractivity contribution in [1.29, 1.82) is 0 Å². The Morgan fingerprint density at radius 1 is 1.37 bits per heavy atom. The Hall–Kier alpha value is -2.15. The molecule has 146 valence electrons. The van der Waals surface area contributed by atoms with Crippen LogP contribution in [0, 0.1) is 5.92 Å². The third-order valence-electron chi connectivity index (χ3n) is 5.70. The number of fused-ring (bicyclic) bond motifs is 1. The minimum absolute atomic E-state index is 0.237. The number of amides is 1. The maximum absolute atomic E-state index is 12.6. The predicted molar refractivity (Wildman–Crippen MR) is 105 cm³/mol. The van der Waals surface area contributed by atoms with E-state index in [4.69, 9.17) is 4.74 Å². The van der Waals surface area contributed by atoms with E-state index in [1.54, 1.807) is 6.20 Å². The van der Waals surface area contributed by atoms with Crippen LogP contribution in [-0.2, 0) is 16.0 Å². The number of piperidine rings is 1. The first kappa shape index (κ1) is 18.2. The van der Waals surface area contributed by atoms with Crippen molar-refractivity contribution in [3.63, 3.8) is 0 Å². The number of likely N-dealkylation sites (tertiary alicyclic amines) is 1. The summed E-state index contributed by atoms with van der Waals surface area (Å²) in [5.74, 6) is 1.70. The molecule has 2 aromatic rings. The van der Waals surface area contributed by atoms with Crippen molar-refractivity contribution in [3.8, 4) is 0 Å². The highest BCUT2D eigenvalue weighted by Gasteiger charge is 2.22. The lowest BCUT2D eigenvalue weighted by molar-refractivity contribution is -0.132. The molecule has 0 aromatic carbocycles. The molecule has 0 aliphatic carbocycles. The smallest absolute Gasteiger partial charge is 0.222 e. The summed E-state index contributed by atoms with van der Waals surface area (Å²) in [6, 6.07) is 2.31. The van der Waals surface area contributed by atoms with E-state index < -0.39 is 0 Å². The van der Waals surface area contributed by atoms with Crippen molar-refractivity contribution in [3.05, 3.63) is 18.0 Å². The van der Waals surface area contributed by atoms with Crippen LogP contribution in [0.1, 0.15) is 44.7 Å². The van der Waals surface area contributed by atoms with Gasteiger partial charge in [-0.3, -0.25) is 9.89 Å². The second-order valence-corrected chi connectivity index (χ2v) is 7.87. The number of aryl methyl sites for hydroxylation is 1. The number of hydrogen-bond donors (Lipinski definition) is 2. The minimum Gasteiger partial charge on any atom is -0.381 e. The number of H-pyrrole nitrogens is 1. The highest BCUT2D eigenvalue weighted by atomic mass is 16.5. The van der Waals surface area contributed by atoms with Crippen LogP contribution in [-0.4, -0.2) is 58.3 Å². The number of rotatable bonds is 5. The van der Waals surface area contributed by atoms with Crippen molar-refractivity contribution >= 4 is 22.6 Å². The van der Waals surface area contributed by atoms with Crippen LogP contribution < -0.4 is 5.32 Å². The summed E-state index contributed by atoms with van der Waals surface area (Å²) in [7, 11) is 0. The maximum atomic E-state index is 12.6. The molecule has 2 aliphatic rings. The van der Waals surface area contributed by atoms with Gasteiger partial charge < -0.3 is 15.0 Å². The summed E-state index contributed by atoms with van der Waals surface area (Å²) in [5.41, 5.74) is 1.89. The largest absolute Gasteiger partial charge is 0.381 e. The monoisotopic (exact) mass is 371 g/mol. The maximum Gasteiger partial charge on any atom is 0.222 e. The molecule has 2 fully saturated rings. The molecule has 2 saturated heterocycles. The van der Waals surface area contributed by atoms with Gasteiger partial charge in [0.25, 0.3) is 0 Å². The van der Waals surface area contributed by atoms with Crippen molar-refractivity contribution in [2.75, 3.05) is 31.6 Å². The van der Waals surface area contributed by atoms with Gasteiger partial charge in [0.2, 0.25) is 5.91 Å². The van der Waals surface area contributed by atoms with E-state index in [-0.39, 0.29) is 5.91 Å². The first-order chi connectivity index (χ1) is 13.2. The Balaban J connectivity index is 1.46. The Kier molecular flexibility index (Phi) is 5.57. The Morgan fingerprint density at radius 2 is 2.22 bits per heavy atom. The molecule has 27 heavy (non-hydrogen) atoms. The molecular weight excluding hydrogens is 342 g/mol. The summed E-state index contributed by atoms with van der Waals surface area (Å²) >= 11 is 0. The molecule has 4 heterocycles. The number of aromatic amines is 1. The van der Waals surface area contributed by atoms with Gasteiger partial charge >= 0.3 is 0 Å². The Morgan fingerprint density at radius 3 is 3.04 bits per heavy atom. The number of nitrogens with one attached hydrogen (secondary N) is 2. The van der Waals surface area contributed by atoms with E-state index in [1.165, 1.54) is 6.42 Å². The van der Waals surface area contributed by atoms with E-state index in [1.807, 2.05) is 11.0 Å². The number of aromatic nitrogens is 3. The quantitative estimate of drug-likeness (QED) is 0.844. The van der Waals surface area contributed by atoms with Gasteiger partial charge in [-0.15, -0.1) is 0 Å². The van der Waals surface area contributed by atoms with E-state index in [2.05, 4.69) is 27.4 Å². The average Bonchev–Trinajstić information content (AvgIpc) is 3.11. The van der Waals surface area contributed by atoms with Gasteiger partial charge in [0, 0.05) is 51.4 Å². The van der Waals surface area contributed by atoms with E-state index in [0.29, 0.717) is 24.8 Å². The van der Waals surface area contributed by atoms with E-state index in [9.17, 15) is 4.79 Å². The van der Waals surface area contributed by atoms with Crippen molar-refractivity contribution in [2.45, 2.75) is 51.5 Å². The first-order valence-corrected chi connectivity index (χ1v) is 10.1. The fourth-order valence-corrected chi connectivity index (χ4v) is 4.16. The minimum atomic E-state index is 0.237. The number of hydrogen-bond acceptors (Lipinski definition) is 5. The van der Waals surface area contributed by atoms with Crippen LogP contribution in [0.2, 0.25) is 0 Å². The highest BCUT2D eigenvalue weighted by Crippen LogP contribution is 2.26. The van der Waals surface area contributed by atoms with E-state index >= 15 is 0 Å². The predicted octanol–water partition coefficient (Wildman–Crippen LogP) is 2.74. The average molecular weight is 371 g/mol. The first-order valence-electron chi connectivity index (χ1n) is 10.1. The van der Waals surface area contributed by atoms with Gasteiger partial charge in [0.1, 0.15) is 5.82 Å². The fourth-order valence-electron chi connectivity index (χ4n) is 4.16. The van der Waals surface area contributed by atoms with Crippen LogP contribution in [0.5, 0.6) is 0 Å². The van der Waals surface area contributed by atoms with Gasteiger partial charge in [0.05, 0.1) is 16.6 Å². The lowest BCUT2D eigenvalue weighted by Crippen LogP contribution is -2.39. The summed E-state index contributed by atoms with van der Waals surface area (Å²) in [6.07, 6.45) is 7.23. The SMILES string of the molecule is C[C@@H]1CCCN(C(=O)CCc2n[nH]c3ccnc(NC4CCOCC4)c23)C1. The molecule has 1 atom stereocenters. The molecule has 0 spiro atoms. The molecule has 0 unspecified atom stereocenters. The fraction of sp³-hybridized carbons (Fsp3) is 0.650. The third-order valence-corrected chi connectivity index (χ3v) is 5.70. The molecule has 0 radical (unpaired) electrons. The van der Waals surface area contributed by atoms with Gasteiger partial charge in [-0.05, 0) is 37.7 Å². The molecule has 1 amide bonds. The molecule has 0 saturated carbocycles. The number of nitrogens with zero attached hydrogens (tertiary/aromatic N) is 3. The van der Waals surface area contributed by atoms with Crippen LogP contribution in [0.4, 0.5) is 5.82 Å². The van der Waals surface area contributed by atoms with Crippen LogP contribution in [0.15, 0.2) is 12.3 Å². The lowest BCUT2D eigenvalue weighted by Gasteiger charge is -2.31. The Bertz CT molecular complexity index is 784. The van der Waals surface area contributed by atoms with Crippen LogP contribution >= 0.6 is 0 Å². The molecular formula is C20H29N5O2. The molecule has 7 heteroatoms. The van der Waals surface area contributed by atoms with Gasteiger partial charge in [-0.2, -0.15) is 5.10 Å². The molecule has 2 N–H and O–H groups in total. The van der Waals surface area contributed by atoms with Crippen LogP contribution in [0.25, 0.3) is 10.9 Å². The number of carbonyl (C=O) groups is 1. The van der Waals surface area contributed by atoms with Crippen molar-refractivity contribution in [1.82, 2.24) is 20.1 Å². The summed E-state index contributed by atoms with van der Waals surface area (Å²) in [5, 5.41) is 12.2. The van der Waals surface area contributed by atoms with Crippen molar-refractivity contribution in [2.24, 2.45) is 5.92 Å². The van der Waals surface area contributed by atoms with E-state index in [0.717, 1.165) is 68.0 Å². The molecule has 4 rings (SSSR count). The normalized spacial score (nSPS) is 21.5. The molecule has 0 bridgehead atoms. The number of anilines is 1. The summed E-state index contributed by atoms with van der Waals surface area (Å²) in [6.45, 7) is 5.57. The second-order valence-electron chi connectivity index (χ2n) is 7.87. The summed E-state index contributed by atoms with van der Waals surface area (Å²) < 4.78 is 5.44. The molecule has 2 aliphatic heterocycles. The Labute approximate surface area is 159 Å². The standard InChI is InChI=1S/C20H29N5O2/c1-14-3-2-10-25(13-14)18(26)5-4-16-19-17(24-23-16)6-9-21-20(19)22-15-7-11-27-12-8-15/h6,9,14-15H,2-5,7-8,10-13H2,1H3,(H,21,22)(H,23,24)/t14-/m1/s1. The summed E-state index contributed by atoms with van der Waals surface area (Å²) in [4.78, 5) is 19.2. The number of carbonyl (C=O) groups excluding carboxylic acids is 1. The zero-order valence-electron chi connectivity index (χ0n) is 16.0. The van der Waals surface area contributed by atoms with Gasteiger partial charge in [-0.1, -0.05) is 6.92 Å². The second kappa shape index (κ2) is 8.25.